The first kappa shape index (κ1) is 15.5. The van der Waals surface area contributed by atoms with Gasteiger partial charge in [0.05, 0.1) is 11.6 Å². The molecule has 1 fully saturated rings. The van der Waals surface area contributed by atoms with Crippen LogP contribution in [0.3, 0.4) is 0 Å². The molecule has 0 bridgehead atoms. The molecule has 0 radical (unpaired) electrons. The maximum absolute atomic E-state index is 12.7. The summed E-state index contributed by atoms with van der Waals surface area (Å²) in [5, 5.41) is 13.3. The van der Waals surface area contributed by atoms with Crippen molar-refractivity contribution in [2.75, 3.05) is 6.54 Å². The summed E-state index contributed by atoms with van der Waals surface area (Å²) in [6.07, 6.45) is 1.08. The highest BCUT2D eigenvalue weighted by molar-refractivity contribution is 6.04. The summed E-state index contributed by atoms with van der Waals surface area (Å²) in [7, 11) is 0. The van der Waals surface area contributed by atoms with Crippen LogP contribution < -0.4 is 0 Å². The van der Waals surface area contributed by atoms with Crippen LogP contribution in [0.2, 0.25) is 0 Å². The highest BCUT2D eigenvalue weighted by atomic mass is 16.6. The predicted octanol–water partition coefficient (Wildman–Crippen LogP) is 1.89. The number of carboxylic acid groups (broad SMARTS) is 1. The van der Waals surface area contributed by atoms with E-state index in [2.05, 4.69) is 5.16 Å². The van der Waals surface area contributed by atoms with Crippen molar-refractivity contribution in [1.82, 2.24) is 4.90 Å². The van der Waals surface area contributed by atoms with Gasteiger partial charge in [-0.3, -0.25) is 9.59 Å². The molecule has 2 heterocycles. The Kier molecular flexibility index (Phi) is 4.32. The van der Waals surface area contributed by atoms with Crippen LogP contribution in [0.15, 0.2) is 35.5 Å². The molecular weight excluding hydrogens is 296 g/mol. The largest absolute Gasteiger partial charge is 0.481 e. The Hall–Kier alpha value is -2.37. The normalized spacial score (nSPS) is 27.3. The Labute approximate surface area is 134 Å². The van der Waals surface area contributed by atoms with E-state index in [4.69, 9.17) is 4.84 Å². The number of piperidine rings is 1. The SMILES string of the molecule is C[C@@H]1[C@H](C(=O)O)CCCN1C(=O)C1CC(c2ccccc2)=NO1. The minimum absolute atomic E-state index is 0.168. The lowest BCUT2D eigenvalue weighted by atomic mass is 9.89. The summed E-state index contributed by atoms with van der Waals surface area (Å²) >= 11 is 0. The van der Waals surface area contributed by atoms with E-state index < -0.39 is 18.0 Å². The van der Waals surface area contributed by atoms with Gasteiger partial charge in [0.25, 0.3) is 5.91 Å². The molecule has 23 heavy (non-hydrogen) atoms. The number of amides is 1. The average Bonchev–Trinajstić information content (AvgIpc) is 3.05. The summed E-state index contributed by atoms with van der Waals surface area (Å²) in [5.74, 6) is -1.52. The molecule has 2 aliphatic heterocycles. The molecule has 0 saturated carbocycles. The number of carbonyl (C=O) groups excluding carboxylic acids is 1. The van der Waals surface area contributed by atoms with E-state index in [9.17, 15) is 14.7 Å². The zero-order valence-electron chi connectivity index (χ0n) is 13.0. The van der Waals surface area contributed by atoms with Crippen molar-refractivity contribution in [3.05, 3.63) is 35.9 Å². The minimum atomic E-state index is -0.844. The number of carboxylic acids is 1. The van der Waals surface area contributed by atoms with Gasteiger partial charge >= 0.3 is 5.97 Å². The summed E-state index contributed by atoms with van der Waals surface area (Å²) in [5.41, 5.74) is 1.70. The topological polar surface area (TPSA) is 79.2 Å². The Balaban J connectivity index is 1.67. The van der Waals surface area contributed by atoms with E-state index in [0.717, 1.165) is 11.3 Å². The number of benzene rings is 1. The molecule has 1 N–H and O–H groups in total. The average molecular weight is 316 g/mol. The lowest BCUT2D eigenvalue weighted by molar-refractivity contribution is -0.153. The van der Waals surface area contributed by atoms with Crippen LogP contribution >= 0.6 is 0 Å². The van der Waals surface area contributed by atoms with Crippen LogP contribution in [0.25, 0.3) is 0 Å². The number of rotatable bonds is 3. The van der Waals surface area contributed by atoms with Crippen molar-refractivity contribution < 1.29 is 19.5 Å². The van der Waals surface area contributed by atoms with Crippen LogP contribution in [0, 0.1) is 5.92 Å². The molecule has 1 saturated heterocycles. The smallest absolute Gasteiger partial charge is 0.308 e. The lowest BCUT2D eigenvalue weighted by Crippen LogP contribution is -2.52. The highest BCUT2D eigenvalue weighted by Crippen LogP contribution is 2.27. The number of likely N-dealkylation sites (tertiary alicyclic amines) is 1. The predicted molar refractivity (Wildman–Crippen MR) is 84.0 cm³/mol. The number of nitrogens with zero attached hydrogens (tertiary/aromatic N) is 2. The van der Waals surface area contributed by atoms with Crippen molar-refractivity contribution in [3.8, 4) is 0 Å². The molecule has 122 valence electrons. The second kappa shape index (κ2) is 6.40. The molecular formula is C17H20N2O4. The molecule has 3 atom stereocenters. The first-order valence-electron chi connectivity index (χ1n) is 7.89. The Morgan fingerprint density at radius 3 is 2.74 bits per heavy atom. The van der Waals surface area contributed by atoms with Gasteiger partial charge in [-0.25, -0.2) is 0 Å². The Bertz CT molecular complexity index is 629. The lowest BCUT2D eigenvalue weighted by Gasteiger charge is -2.38. The Morgan fingerprint density at radius 1 is 1.30 bits per heavy atom. The van der Waals surface area contributed by atoms with Gasteiger partial charge in [0.1, 0.15) is 0 Å². The van der Waals surface area contributed by atoms with E-state index in [0.29, 0.717) is 25.8 Å². The summed E-state index contributed by atoms with van der Waals surface area (Å²) in [6.45, 7) is 2.37. The van der Waals surface area contributed by atoms with Gasteiger partial charge in [0.2, 0.25) is 6.10 Å². The quantitative estimate of drug-likeness (QED) is 0.923. The second-order valence-electron chi connectivity index (χ2n) is 6.06. The first-order valence-corrected chi connectivity index (χ1v) is 7.89. The maximum atomic E-state index is 12.7. The molecule has 6 heteroatoms. The highest BCUT2D eigenvalue weighted by Gasteiger charge is 2.40. The van der Waals surface area contributed by atoms with Crippen LogP contribution in [0.1, 0.15) is 31.7 Å². The first-order chi connectivity index (χ1) is 11.1. The summed E-state index contributed by atoms with van der Waals surface area (Å²) < 4.78 is 0. The molecule has 1 aromatic rings. The third-order valence-corrected chi connectivity index (χ3v) is 4.64. The third kappa shape index (κ3) is 3.06. The Morgan fingerprint density at radius 2 is 2.04 bits per heavy atom. The van der Waals surface area contributed by atoms with Crippen molar-refractivity contribution in [1.29, 1.82) is 0 Å². The maximum Gasteiger partial charge on any atom is 0.308 e. The van der Waals surface area contributed by atoms with Crippen molar-refractivity contribution in [3.63, 3.8) is 0 Å². The van der Waals surface area contributed by atoms with Crippen LogP contribution in [-0.2, 0) is 14.4 Å². The fraction of sp³-hybridized carbons (Fsp3) is 0.471. The summed E-state index contributed by atoms with van der Waals surface area (Å²) in [6, 6.07) is 9.29. The molecule has 0 aliphatic carbocycles. The van der Waals surface area contributed by atoms with Gasteiger partial charge < -0.3 is 14.8 Å². The number of hydrogen-bond donors (Lipinski definition) is 1. The number of hydrogen-bond acceptors (Lipinski definition) is 4. The van der Waals surface area contributed by atoms with Gasteiger partial charge in [-0.05, 0) is 25.3 Å². The van der Waals surface area contributed by atoms with Crippen LogP contribution in [0.4, 0.5) is 0 Å². The van der Waals surface area contributed by atoms with Gasteiger partial charge in [-0.15, -0.1) is 0 Å². The molecule has 6 nitrogen and oxygen atoms in total. The summed E-state index contributed by atoms with van der Waals surface area (Å²) in [4.78, 5) is 31.0. The monoisotopic (exact) mass is 316 g/mol. The van der Waals surface area contributed by atoms with Crippen LogP contribution in [0.5, 0.6) is 0 Å². The zero-order valence-corrected chi connectivity index (χ0v) is 13.0. The third-order valence-electron chi connectivity index (χ3n) is 4.64. The molecule has 0 aromatic heterocycles. The van der Waals surface area contributed by atoms with E-state index in [1.54, 1.807) is 11.8 Å². The number of aliphatic carboxylic acids is 1. The van der Waals surface area contributed by atoms with Gasteiger partial charge in [-0.2, -0.15) is 0 Å². The second-order valence-corrected chi connectivity index (χ2v) is 6.06. The minimum Gasteiger partial charge on any atom is -0.481 e. The molecule has 0 spiro atoms. The molecule has 2 aliphatic rings. The van der Waals surface area contributed by atoms with Crippen molar-refractivity contribution in [2.24, 2.45) is 11.1 Å². The molecule has 1 amide bonds. The molecule has 1 aromatic carbocycles. The standard InChI is InChI=1S/C17H20N2O4/c1-11-13(17(21)22)8-5-9-19(11)16(20)15-10-14(18-23-15)12-6-3-2-4-7-12/h2-4,6-7,11,13,15H,5,8-10H2,1H3,(H,21,22)/t11-,13-,15?/m1/s1. The fourth-order valence-corrected chi connectivity index (χ4v) is 3.28. The van der Waals surface area contributed by atoms with Crippen molar-refractivity contribution in [2.45, 2.75) is 38.3 Å². The molecule has 1 unspecified atom stereocenters. The fourth-order valence-electron chi connectivity index (χ4n) is 3.28. The van der Waals surface area contributed by atoms with E-state index in [1.165, 1.54) is 0 Å². The zero-order chi connectivity index (χ0) is 16.4. The van der Waals surface area contributed by atoms with Crippen LogP contribution in [-0.4, -0.2) is 46.3 Å². The van der Waals surface area contributed by atoms with Crippen molar-refractivity contribution >= 4 is 17.6 Å². The number of carbonyl (C=O) groups is 2. The number of oxime groups is 1. The molecule has 3 rings (SSSR count). The van der Waals surface area contributed by atoms with Gasteiger partial charge in [-0.1, -0.05) is 35.5 Å². The van der Waals surface area contributed by atoms with E-state index in [-0.39, 0.29) is 11.9 Å². The van der Waals surface area contributed by atoms with E-state index in [1.807, 2.05) is 30.3 Å². The van der Waals surface area contributed by atoms with E-state index >= 15 is 0 Å². The van der Waals surface area contributed by atoms with Gasteiger partial charge in [0.15, 0.2) is 0 Å². The van der Waals surface area contributed by atoms with Gasteiger partial charge in [0, 0.05) is 19.0 Å².